The van der Waals surface area contributed by atoms with Crippen LogP contribution in [0.2, 0.25) is 5.02 Å². The molecule has 0 amide bonds. The van der Waals surface area contributed by atoms with Gasteiger partial charge >= 0.3 is 0 Å². The Morgan fingerprint density at radius 3 is 3.00 bits per heavy atom. The number of carbonyl (C=O) groups is 1. The van der Waals surface area contributed by atoms with Crippen LogP contribution >= 0.6 is 11.6 Å². The van der Waals surface area contributed by atoms with Crippen LogP contribution in [-0.2, 0) is 11.3 Å². The summed E-state index contributed by atoms with van der Waals surface area (Å²) in [5.74, 6) is -0.215. The van der Waals surface area contributed by atoms with E-state index >= 15 is 0 Å². The van der Waals surface area contributed by atoms with Crippen LogP contribution in [0.25, 0.3) is 0 Å². The summed E-state index contributed by atoms with van der Waals surface area (Å²) in [5.41, 5.74) is 0.754. The van der Waals surface area contributed by atoms with E-state index in [0.717, 1.165) is 31.4 Å². The molecule has 0 N–H and O–H groups in total. The molecule has 0 radical (unpaired) electrons. The number of hydrogen-bond donors (Lipinski definition) is 0. The van der Waals surface area contributed by atoms with E-state index in [1.807, 2.05) is 6.07 Å². The molecule has 1 aromatic carbocycles. The molecule has 1 aliphatic heterocycles. The number of likely N-dealkylation sites (tertiary alicyclic amines) is 1. The van der Waals surface area contributed by atoms with Crippen molar-refractivity contribution in [1.29, 1.82) is 0 Å². The van der Waals surface area contributed by atoms with Crippen LogP contribution in [0.4, 0.5) is 4.39 Å². The molecule has 98 valence electrons. The molecule has 2 rings (SSSR count). The Labute approximate surface area is 112 Å². The number of ketones is 1. The maximum Gasteiger partial charge on any atom is 0.146 e. The molecule has 0 aromatic heterocycles. The number of Topliss-reactive ketones (excluding diaryl/α,β-unsaturated/α-hetero) is 1. The molecule has 1 atom stereocenters. The first-order valence-electron chi connectivity index (χ1n) is 6.27. The van der Waals surface area contributed by atoms with Crippen molar-refractivity contribution in [3.8, 4) is 0 Å². The smallest absolute Gasteiger partial charge is 0.146 e. The van der Waals surface area contributed by atoms with Gasteiger partial charge in [0, 0.05) is 6.54 Å². The second-order valence-corrected chi connectivity index (χ2v) is 5.18. The zero-order valence-electron chi connectivity index (χ0n) is 10.5. The monoisotopic (exact) mass is 269 g/mol. The average molecular weight is 270 g/mol. The highest BCUT2D eigenvalue weighted by Gasteiger charge is 2.26. The van der Waals surface area contributed by atoms with Gasteiger partial charge in [-0.25, -0.2) is 4.39 Å². The summed E-state index contributed by atoms with van der Waals surface area (Å²) in [6.07, 6.45) is 3.05. The largest absolute Gasteiger partial charge is 0.298 e. The van der Waals surface area contributed by atoms with E-state index in [0.29, 0.717) is 6.54 Å². The minimum absolute atomic E-state index is 0.0434. The van der Waals surface area contributed by atoms with Crippen molar-refractivity contribution in [3.63, 3.8) is 0 Å². The molecule has 1 saturated heterocycles. The van der Waals surface area contributed by atoms with Gasteiger partial charge in [-0.2, -0.15) is 0 Å². The lowest BCUT2D eigenvalue weighted by Crippen LogP contribution is -2.43. The van der Waals surface area contributed by atoms with Gasteiger partial charge in [0.15, 0.2) is 0 Å². The summed E-state index contributed by atoms with van der Waals surface area (Å²) in [7, 11) is 0. The Kier molecular flexibility index (Phi) is 4.36. The lowest BCUT2D eigenvalue weighted by atomic mass is 9.98. The quantitative estimate of drug-likeness (QED) is 0.838. The van der Waals surface area contributed by atoms with Crippen LogP contribution in [0.15, 0.2) is 18.2 Å². The van der Waals surface area contributed by atoms with Gasteiger partial charge in [0.05, 0.1) is 11.1 Å². The van der Waals surface area contributed by atoms with E-state index in [-0.39, 0.29) is 16.8 Å². The summed E-state index contributed by atoms with van der Waals surface area (Å²) < 4.78 is 13.4. The normalized spacial score (nSPS) is 20.9. The van der Waals surface area contributed by atoms with Crippen molar-refractivity contribution < 1.29 is 9.18 Å². The third-order valence-electron chi connectivity index (χ3n) is 3.49. The predicted molar refractivity (Wildman–Crippen MR) is 70.1 cm³/mol. The molecule has 2 nitrogen and oxygen atoms in total. The van der Waals surface area contributed by atoms with Crippen LogP contribution in [0.5, 0.6) is 0 Å². The van der Waals surface area contributed by atoms with E-state index in [9.17, 15) is 9.18 Å². The Balaban J connectivity index is 2.16. The van der Waals surface area contributed by atoms with Gasteiger partial charge in [0.25, 0.3) is 0 Å². The fourth-order valence-corrected chi connectivity index (χ4v) is 2.72. The Hall–Kier alpha value is -0.930. The number of rotatable bonds is 3. The zero-order valence-corrected chi connectivity index (χ0v) is 11.2. The van der Waals surface area contributed by atoms with Gasteiger partial charge in [-0.1, -0.05) is 30.2 Å². The molecule has 0 spiro atoms. The van der Waals surface area contributed by atoms with Gasteiger partial charge in [0.2, 0.25) is 0 Å². The maximum absolute atomic E-state index is 13.4. The fourth-order valence-electron chi connectivity index (χ4n) is 2.53. The second-order valence-electron chi connectivity index (χ2n) is 4.81. The molecule has 1 fully saturated rings. The molecular weight excluding hydrogens is 253 g/mol. The highest BCUT2D eigenvalue weighted by Crippen LogP contribution is 2.25. The lowest BCUT2D eigenvalue weighted by molar-refractivity contribution is -0.123. The summed E-state index contributed by atoms with van der Waals surface area (Å²) in [6.45, 7) is 3.04. The molecule has 1 unspecified atom stereocenters. The summed E-state index contributed by atoms with van der Waals surface area (Å²) >= 11 is 5.95. The highest BCUT2D eigenvalue weighted by atomic mass is 35.5. The molecule has 4 heteroatoms. The molecule has 1 aliphatic rings. The van der Waals surface area contributed by atoms with Crippen molar-refractivity contribution in [3.05, 3.63) is 34.6 Å². The topological polar surface area (TPSA) is 20.3 Å². The van der Waals surface area contributed by atoms with Gasteiger partial charge in [0.1, 0.15) is 11.6 Å². The van der Waals surface area contributed by atoms with Crippen molar-refractivity contribution in [2.75, 3.05) is 6.54 Å². The zero-order chi connectivity index (χ0) is 13.1. The van der Waals surface area contributed by atoms with Crippen molar-refractivity contribution in [1.82, 2.24) is 4.90 Å². The standard InChI is InChI=1S/C14H17ClFNO/c1-10(18)13-7-2-3-8-17(13)9-11-5-4-6-12(16)14(11)15/h4-6,13H,2-3,7-9H2,1H3. The molecule has 1 aromatic rings. The molecule has 0 saturated carbocycles. The van der Waals surface area contributed by atoms with Gasteiger partial charge in [-0.3, -0.25) is 9.69 Å². The Morgan fingerprint density at radius 1 is 1.50 bits per heavy atom. The number of hydrogen-bond acceptors (Lipinski definition) is 2. The minimum atomic E-state index is -0.398. The lowest BCUT2D eigenvalue weighted by Gasteiger charge is -2.34. The summed E-state index contributed by atoms with van der Waals surface area (Å²) in [6, 6.07) is 4.78. The highest BCUT2D eigenvalue weighted by molar-refractivity contribution is 6.31. The van der Waals surface area contributed by atoms with Gasteiger partial charge in [-0.05, 0) is 37.9 Å². The van der Waals surface area contributed by atoms with Crippen LogP contribution in [0, 0.1) is 5.82 Å². The number of halogens is 2. The predicted octanol–water partition coefficient (Wildman–Crippen LogP) is 3.42. The van der Waals surface area contributed by atoms with Crippen molar-refractivity contribution in [2.45, 2.75) is 38.8 Å². The van der Waals surface area contributed by atoms with Crippen LogP contribution in [0.3, 0.4) is 0 Å². The number of carbonyl (C=O) groups excluding carboxylic acids is 1. The third-order valence-corrected chi connectivity index (χ3v) is 3.91. The molecule has 1 heterocycles. The second kappa shape index (κ2) is 5.81. The van der Waals surface area contributed by atoms with E-state index in [4.69, 9.17) is 11.6 Å². The van der Waals surface area contributed by atoms with Gasteiger partial charge < -0.3 is 0 Å². The van der Waals surface area contributed by atoms with E-state index in [1.54, 1.807) is 13.0 Å². The number of piperidine rings is 1. The number of benzene rings is 1. The van der Waals surface area contributed by atoms with E-state index in [1.165, 1.54) is 6.07 Å². The SMILES string of the molecule is CC(=O)C1CCCCN1Cc1cccc(F)c1Cl. The molecule has 18 heavy (non-hydrogen) atoms. The van der Waals surface area contributed by atoms with Gasteiger partial charge in [-0.15, -0.1) is 0 Å². The first kappa shape index (κ1) is 13.5. The fraction of sp³-hybridized carbons (Fsp3) is 0.500. The number of nitrogens with zero attached hydrogens (tertiary/aromatic N) is 1. The molecule has 0 bridgehead atoms. The van der Waals surface area contributed by atoms with Crippen LogP contribution in [0.1, 0.15) is 31.7 Å². The molecule has 0 aliphatic carbocycles. The third kappa shape index (κ3) is 2.90. The summed E-state index contributed by atoms with van der Waals surface area (Å²) in [4.78, 5) is 13.7. The van der Waals surface area contributed by atoms with Crippen LogP contribution < -0.4 is 0 Å². The summed E-state index contributed by atoms with van der Waals surface area (Å²) in [5, 5.41) is 0.172. The van der Waals surface area contributed by atoms with Crippen LogP contribution in [-0.4, -0.2) is 23.3 Å². The average Bonchev–Trinajstić information content (AvgIpc) is 2.35. The molecular formula is C14H17ClFNO. The maximum atomic E-state index is 13.4. The Bertz CT molecular complexity index is 449. The van der Waals surface area contributed by atoms with E-state index in [2.05, 4.69) is 4.90 Å². The Morgan fingerprint density at radius 2 is 2.28 bits per heavy atom. The first-order valence-corrected chi connectivity index (χ1v) is 6.65. The minimum Gasteiger partial charge on any atom is -0.298 e. The van der Waals surface area contributed by atoms with E-state index < -0.39 is 5.82 Å². The van der Waals surface area contributed by atoms with Crippen molar-refractivity contribution >= 4 is 17.4 Å². The first-order chi connectivity index (χ1) is 8.59. The van der Waals surface area contributed by atoms with Crippen molar-refractivity contribution in [2.24, 2.45) is 0 Å².